The Hall–Kier alpha value is -3.06. The molecule has 0 N–H and O–H groups in total. The van der Waals surface area contributed by atoms with E-state index in [9.17, 15) is 8.78 Å². The van der Waals surface area contributed by atoms with Gasteiger partial charge in [0, 0.05) is 10.9 Å². The van der Waals surface area contributed by atoms with Gasteiger partial charge in [-0.1, -0.05) is 12.1 Å². The van der Waals surface area contributed by atoms with Crippen molar-refractivity contribution in [2.45, 2.75) is 0 Å². The third-order valence-electron chi connectivity index (χ3n) is 3.69. The molecule has 138 valence electrons. The van der Waals surface area contributed by atoms with E-state index in [1.54, 1.807) is 17.9 Å². The molecule has 0 unspecified atom stereocenters. The number of methoxy groups -OCH3 is 1. The first kappa shape index (κ1) is 18.7. The van der Waals surface area contributed by atoms with E-state index in [2.05, 4.69) is 16.7 Å². The van der Waals surface area contributed by atoms with Gasteiger partial charge in [-0.05, 0) is 42.0 Å². The highest BCUT2D eigenvalue weighted by molar-refractivity contribution is 7.07. The van der Waals surface area contributed by atoms with Crippen LogP contribution in [0.15, 0.2) is 70.6 Å². The summed E-state index contributed by atoms with van der Waals surface area (Å²) >= 11 is 1.43. The van der Waals surface area contributed by atoms with E-state index < -0.39 is 11.6 Å². The molecule has 0 spiro atoms. The summed E-state index contributed by atoms with van der Waals surface area (Å²) < 4.78 is 33.4. The maximum atomic E-state index is 13.4. The molecule has 0 aliphatic rings. The number of benzene rings is 2. The summed E-state index contributed by atoms with van der Waals surface area (Å²) in [5, 5.41) is 6.37. The predicted molar refractivity (Wildman–Crippen MR) is 104 cm³/mol. The van der Waals surface area contributed by atoms with E-state index in [1.807, 2.05) is 29.6 Å². The van der Waals surface area contributed by atoms with Gasteiger partial charge in [-0.2, -0.15) is 5.10 Å². The highest BCUT2D eigenvalue weighted by Crippen LogP contribution is 2.23. The average molecular weight is 385 g/mol. The largest absolute Gasteiger partial charge is 0.497 e. The van der Waals surface area contributed by atoms with Gasteiger partial charge in [0.25, 0.3) is 0 Å². The first-order valence-corrected chi connectivity index (χ1v) is 8.96. The van der Waals surface area contributed by atoms with Crippen LogP contribution in [0.4, 0.5) is 8.78 Å². The average Bonchev–Trinajstić information content (AvgIpc) is 3.10. The summed E-state index contributed by atoms with van der Waals surface area (Å²) in [6.45, 7) is 4.12. The van der Waals surface area contributed by atoms with E-state index in [-0.39, 0.29) is 0 Å². The van der Waals surface area contributed by atoms with Crippen LogP contribution < -0.4 is 9.54 Å². The minimum Gasteiger partial charge on any atom is -0.497 e. The highest BCUT2D eigenvalue weighted by atomic mass is 32.1. The lowest BCUT2D eigenvalue weighted by atomic mass is 10.2. The van der Waals surface area contributed by atoms with Crippen LogP contribution in [0.25, 0.3) is 11.3 Å². The highest BCUT2D eigenvalue weighted by Gasteiger charge is 2.08. The number of halogens is 2. The van der Waals surface area contributed by atoms with Gasteiger partial charge >= 0.3 is 0 Å². The topological polar surface area (TPSA) is 38.9 Å². The fourth-order valence-electron chi connectivity index (χ4n) is 2.34. The SMILES string of the molecule is C=CCN=c1scc(-c2ccc(OC)cc2)n1N=Cc1ccc(F)c(F)c1. The molecule has 0 saturated heterocycles. The van der Waals surface area contributed by atoms with Crippen LogP contribution in [-0.4, -0.2) is 24.5 Å². The van der Waals surface area contributed by atoms with Gasteiger partial charge in [-0.3, -0.25) is 4.99 Å². The number of rotatable bonds is 6. The molecule has 0 atom stereocenters. The number of aromatic nitrogens is 1. The van der Waals surface area contributed by atoms with Crippen molar-refractivity contribution in [3.8, 4) is 17.0 Å². The van der Waals surface area contributed by atoms with Crippen LogP contribution in [0.1, 0.15) is 5.56 Å². The number of ether oxygens (including phenoxy) is 1. The summed E-state index contributed by atoms with van der Waals surface area (Å²) in [5.74, 6) is -1.06. The van der Waals surface area contributed by atoms with Crippen molar-refractivity contribution in [3.05, 3.63) is 82.5 Å². The molecule has 0 bridgehead atoms. The van der Waals surface area contributed by atoms with Crippen molar-refractivity contribution in [3.63, 3.8) is 0 Å². The zero-order valence-electron chi connectivity index (χ0n) is 14.6. The smallest absolute Gasteiger partial charge is 0.206 e. The molecule has 2 aromatic carbocycles. The van der Waals surface area contributed by atoms with Crippen molar-refractivity contribution in [2.75, 3.05) is 13.7 Å². The van der Waals surface area contributed by atoms with Gasteiger partial charge in [0.15, 0.2) is 11.6 Å². The predicted octanol–water partition coefficient (Wildman–Crippen LogP) is 4.47. The van der Waals surface area contributed by atoms with Crippen molar-refractivity contribution in [1.82, 2.24) is 4.68 Å². The van der Waals surface area contributed by atoms with Crippen molar-refractivity contribution >= 4 is 17.6 Å². The second-order valence-electron chi connectivity index (χ2n) is 5.49. The minimum atomic E-state index is -0.916. The normalized spacial score (nSPS) is 11.9. The molecule has 0 fully saturated rings. The van der Waals surface area contributed by atoms with Gasteiger partial charge in [-0.15, -0.1) is 17.9 Å². The zero-order chi connectivity index (χ0) is 19.2. The van der Waals surface area contributed by atoms with Gasteiger partial charge in [0.1, 0.15) is 5.75 Å². The molecule has 1 aromatic heterocycles. The Bertz CT molecular complexity index is 1040. The molecule has 3 rings (SSSR count). The van der Waals surface area contributed by atoms with Crippen LogP contribution in [0.3, 0.4) is 0 Å². The fourth-order valence-corrected chi connectivity index (χ4v) is 3.19. The second kappa shape index (κ2) is 8.55. The molecule has 0 radical (unpaired) electrons. The summed E-state index contributed by atoms with van der Waals surface area (Å²) in [6.07, 6.45) is 3.16. The molecular weight excluding hydrogens is 368 g/mol. The van der Waals surface area contributed by atoms with Crippen LogP contribution in [0.2, 0.25) is 0 Å². The van der Waals surface area contributed by atoms with E-state index in [0.717, 1.165) is 29.1 Å². The maximum Gasteiger partial charge on any atom is 0.206 e. The molecule has 0 aliphatic carbocycles. The first-order chi connectivity index (χ1) is 13.1. The quantitative estimate of drug-likeness (QED) is 0.456. The molecule has 1 heterocycles. The van der Waals surface area contributed by atoms with Gasteiger partial charge < -0.3 is 4.74 Å². The van der Waals surface area contributed by atoms with Gasteiger partial charge in [-0.25, -0.2) is 13.5 Å². The Morgan fingerprint density at radius 3 is 2.59 bits per heavy atom. The van der Waals surface area contributed by atoms with Crippen molar-refractivity contribution in [1.29, 1.82) is 0 Å². The number of hydrogen-bond acceptors (Lipinski definition) is 4. The third kappa shape index (κ3) is 4.38. The third-order valence-corrected chi connectivity index (χ3v) is 4.55. The van der Waals surface area contributed by atoms with Crippen molar-refractivity contribution in [2.24, 2.45) is 10.1 Å². The molecule has 0 saturated carbocycles. The van der Waals surface area contributed by atoms with E-state index in [1.165, 1.54) is 23.6 Å². The second-order valence-corrected chi connectivity index (χ2v) is 6.33. The molecule has 27 heavy (non-hydrogen) atoms. The molecule has 0 aliphatic heterocycles. The fraction of sp³-hybridized carbons (Fsp3) is 0.100. The Kier molecular flexibility index (Phi) is 5.93. The Balaban J connectivity index is 2.04. The standard InChI is InChI=1S/C20H17F2N3OS/c1-3-10-23-20-25(24-12-14-4-9-17(21)18(22)11-14)19(13-27-20)15-5-7-16(26-2)8-6-15/h3-9,11-13H,1,10H2,2H3. The minimum absolute atomic E-state index is 0.447. The van der Waals surface area contributed by atoms with Crippen molar-refractivity contribution < 1.29 is 13.5 Å². The van der Waals surface area contributed by atoms with Crippen LogP contribution in [-0.2, 0) is 0 Å². The summed E-state index contributed by atoms with van der Waals surface area (Å²) in [7, 11) is 1.61. The summed E-state index contributed by atoms with van der Waals surface area (Å²) in [5.41, 5.74) is 2.20. The lowest BCUT2D eigenvalue weighted by Crippen LogP contribution is -2.12. The van der Waals surface area contributed by atoms with Crippen LogP contribution in [0, 0.1) is 11.6 Å². The monoisotopic (exact) mass is 385 g/mol. The summed E-state index contributed by atoms with van der Waals surface area (Å²) in [4.78, 5) is 5.11. The van der Waals surface area contributed by atoms with Gasteiger partial charge in [0.2, 0.25) is 4.80 Å². The number of nitrogens with zero attached hydrogens (tertiary/aromatic N) is 3. The van der Waals surface area contributed by atoms with Crippen LogP contribution >= 0.6 is 11.3 Å². The number of thiazole rings is 1. The molecule has 4 nitrogen and oxygen atoms in total. The zero-order valence-corrected chi connectivity index (χ0v) is 15.4. The molecule has 7 heteroatoms. The molecule has 0 amide bonds. The van der Waals surface area contributed by atoms with E-state index >= 15 is 0 Å². The molecular formula is C20H17F2N3OS. The van der Waals surface area contributed by atoms with Crippen LogP contribution in [0.5, 0.6) is 5.75 Å². The lowest BCUT2D eigenvalue weighted by molar-refractivity contribution is 0.415. The number of hydrogen-bond donors (Lipinski definition) is 0. The van der Waals surface area contributed by atoms with Gasteiger partial charge in [0.05, 0.1) is 25.6 Å². The summed E-state index contributed by atoms with van der Waals surface area (Å²) in [6, 6.07) is 11.2. The maximum absolute atomic E-state index is 13.4. The molecule has 3 aromatic rings. The Morgan fingerprint density at radius 2 is 1.93 bits per heavy atom. The van der Waals surface area contributed by atoms with E-state index in [0.29, 0.717) is 16.9 Å². The lowest BCUT2D eigenvalue weighted by Gasteiger charge is -2.05. The Morgan fingerprint density at radius 1 is 1.15 bits per heavy atom. The first-order valence-electron chi connectivity index (χ1n) is 8.08. The van der Waals surface area contributed by atoms with E-state index in [4.69, 9.17) is 4.74 Å². The Labute approximate surface area is 159 Å².